The second kappa shape index (κ2) is 8.36. The number of aryl methyl sites for hydroxylation is 1. The molecule has 9 nitrogen and oxygen atoms in total. The monoisotopic (exact) mass is 419 g/mol. The second-order valence-electron chi connectivity index (χ2n) is 5.55. The van der Waals surface area contributed by atoms with E-state index in [-0.39, 0.29) is 38.6 Å². The molecule has 0 aliphatic rings. The number of fused-ring (bicyclic) bond motifs is 1. The van der Waals surface area contributed by atoms with Crippen LogP contribution in [0, 0.1) is 6.92 Å². The number of nitrogens with one attached hydrogen (secondary N) is 2. The van der Waals surface area contributed by atoms with Gasteiger partial charge in [0.1, 0.15) is 0 Å². The van der Waals surface area contributed by atoms with Crippen molar-refractivity contribution in [3.05, 3.63) is 51.2 Å². The van der Waals surface area contributed by atoms with E-state index in [0.29, 0.717) is 11.4 Å². The third-order valence-electron chi connectivity index (χ3n) is 3.56. The molecule has 2 N–H and O–H groups in total. The summed E-state index contributed by atoms with van der Waals surface area (Å²) in [5.74, 6) is -1.04. The lowest BCUT2D eigenvalue weighted by molar-refractivity contribution is -0.113. The molecule has 0 saturated carbocycles. The highest BCUT2D eigenvalue weighted by molar-refractivity contribution is 7.99. The standard InChI is InChI=1S/C17H14ClN5O4S/c1-8-6-9(16(26)27-2)12-14(20-8)22-17(23-15(12)25)28-7-11(24)21-10-4-3-5-19-13(10)18/h3-6H,7H2,1-2H3,(H,21,24)(H,20,22,23,25). The SMILES string of the molecule is COC(=O)c1cc(C)nc2nc(SCC(=O)Nc3cccnc3Cl)[nH]c(=O)c12. The number of methoxy groups -OCH3 is 1. The van der Waals surface area contributed by atoms with Crippen LogP contribution in [0.25, 0.3) is 11.0 Å². The van der Waals surface area contributed by atoms with Crippen molar-refractivity contribution in [2.24, 2.45) is 0 Å². The Hall–Kier alpha value is -2.98. The van der Waals surface area contributed by atoms with Crippen LogP contribution in [0.2, 0.25) is 5.15 Å². The molecule has 0 aliphatic carbocycles. The summed E-state index contributed by atoms with van der Waals surface area (Å²) in [5.41, 5.74) is 0.526. The molecule has 1 amide bonds. The molecule has 144 valence electrons. The zero-order valence-corrected chi connectivity index (χ0v) is 16.3. The number of carbonyl (C=O) groups excluding carboxylic acids is 2. The van der Waals surface area contributed by atoms with Crippen molar-refractivity contribution in [3.63, 3.8) is 0 Å². The number of amides is 1. The Bertz CT molecular complexity index is 1130. The average molecular weight is 420 g/mol. The van der Waals surface area contributed by atoms with Crippen LogP contribution >= 0.6 is 23.4 Å². The van der Waals surface area contributed by atoms with Crippen molar-refractivity contribution in [2.45, 2.75) is 12.1 Å². The van der Waals surface area contributed by atoms with Crippen molar-refractivity contribution in [1.82, 2.24) is 19.9 Å². The molecule has 0 radical (unpaired) electrons. The number of aromatic nitrogens is 4. The van der Waals surface area contributed by atoms with Gasteiger partial charge in [-0.15, -0.1) is 0 Å². The number of esters is 1. The van der Waals surface area contributed by atoms with Crippen molar-refractivity contribution in [1.29, 1.82) is 0 Å². The number of nitrogens with zero attached hydrogens (tertiary/aromatic N) is 3. The third kappa shape index (κ3) is 4.29. The molecule has 3 aromatic heterocycles. The number of anilines is 1. The van der Waals surface area contributed by atoms with Gasteiger partial charge in [-0.25, -0.2) is 19.7 Å². The Kier molecular flexibility index (Phi) is 5.90. The second-order valence-corrected chi connectivity index (χ2v) is 6.87. The molecular formula is C17H14ClN5O4S. The number of rotatable bonds is 5. The first-order valence-corrected chi connectivity index (χ1v) is 9.28. The van der Waals surface area contributed by atoms with Crippen LogP contribution in [0.3, 0.4) is 0 Å². The zero-order chi connectivity index (χ0) is 20.3. The van der Waals surface area contributed by atoms with E-state index in [4.69, 9.17) is 16.3 Å². The summed E-state index contributed by atoms with van der Waals surface area (Å²) in [5, 5.41) is 3.03. The summed E-state index contributed by atoms with van der Waals surface area (Å²) in [6.45, 7) is 1.67. The molecule has 0 spiro atoms. The first-order valence-electron chi connectivity index (χ1n) is 7.92. The minimum atomic E-state index is -0.657. The Balaban J connectivity index is 1.83. The molecular weight excluding hydrogens is 406 g/mol. The molecule has 28 heavy (non-hydrogen) atoms. The van der Waals surface area contributed by atoms with Crippen LogP contribution in [0.5, 0.6) is 0 Å². The maximum absolute atomic E-state index is 12.4. The summed E-state index contributed by atoms with van der Waals surface area (Å²) >= 11 is 6.91. The van der Waals surface area contributed by atoms with Gasteiger partial charge in [-0.3, -0.25) is 9.59 Å². The molecule has 0 fully saturated rings. The van der Waals surface area contributed by atoms with Crippen LogP contribution in [0.4, 0.5) is 5.69 Å². The normalized spacial score (nSPS) is 10.7. The molecule has 11 heteroatoms. The molecule has 0 saturated heterocycles. The van der Waals surface area contributed by atoms with Gasteiger partial charge in [0.25, 0.3) is 5.56 Å². The molecule has 0 aliphatic heterocycles. The van der Waals surface area contributed by atoms with Crippen LogP contribution in [0.1, 0.15) is 16.1 Å². The van der Waals surface area contributed by atoms with Gasteiger partial charge in [-0.05, 0) is 25.1 Å². The van der Waals surface area contributed by atoms with Gasteiger partial charge in [0.15, 0.2) is 16.0 Å². The van der Waals surface area contributed by atoms with E-state index >= 15 is 0 Å². The van der Waals surface area contributed by atoms with Crippen molar-refractivity contribution >= 4 is 52.0 Å². The summed E-state index contributed by atoms with van der Waals surface area (Å²) in [4.78, 5) is 51.4. The summed E-state index contributed by atoms with van der Waals surface area (Å²) in [7, 11) is 1.23. The van der Waals surface area contributed by atoms with E-state index in [1.807, 2.05) is 0 Å². The highest BCUT2D eigenvalue weighted by Crippen LogP contribution is 2.20. The number of carbonyl (C=O) groups is 2. The summed E-state index contributed by atoms with van der Waals surface area (Å²) in [6, 6.07) is 4.72. The number of halogens is 1. The highest BCUT2D eigenvalue weighted by atomic mass is 35.5. The maximum atomic E-state index is 12.4. The number of H-pyrrole nitrogens is 1. The quantitative estimate of drug-likeness (QED) is 0.279. The number of pyridine rings is 2. The molecule has 0 unspecified atom stereocenters. The van der Waals surface area contributed by atoms with Gasteiger partial charge >= 0.3 is 5.97 Å². The third-order valence-corrected chi connectivity index (χ3v) is 4.74. The predicted molar refractivity (Wildman–Crippen MR) is 105 cm³/mol. The number of thioether (sulfide) groups is 1. The fourth-order valence-corrected chi connectivity index (χ4v) is 3.21. The van der Waals surface area contributed by atoms with Crippen LogP contribution in [-0.2, 0) is 9.53 Å². The van der Waals surface area contributed by atoms with Crippen LogP contribution in [0.15, 0.2) is 34.3 Å². The lowest BCUT2D eigenvalue weighted by atomic mass is 10.1. The fraction of sp³-hybridized carbons (Fsp3) is 0.176. The molecule has 3 aromatic rings. The summed E-state index contributed by atoms with van der Waals surface area (Å²) in [6.07, 6.45) is 1.51. The maximum Gasteiger partial charge on any atom is 0.338 e. The smallest absolute Gasteiger partial charge is 0.338 e. The first-order chi connectivity index (χ1) is 13.4. The van der Waals surface area contributed by atoms with Gasteiger partial charge in [-0.2, -0.15) is 0 Å². The average Bonchev–Trinajstić information content (AvgIpc) is 2.66. The number of hydrogen-bond acceptors (Lipinski definition) is 8. The highest BCUT2D eigenvalue weighted by Gasteiger charge is 2.18. The predicted octanol–water partition coefficient (Wildman–Crippen LogP) is 2.19. The lowest BCUT2D eigenvalue weighted by Gasteiger charge is -2.08. The number of aromatic amines is 1. The molecule has 0 atom stereocenters. The number of hydrogen-bond donors (Lipinski definition) is 2. The van der Waals surface area contributed by atoms with Gasteiger partial charge in [0.05, 0.1) is 29.5 Å². The molecule has 3 heterocycles. The van der Waals surface area contributed by atoms with Gasteiger partial charge in [0, 0.05) is 11.9 Å². The molecule has 3 rings (SSSR count). The first kappa shape index (κ1) is 19.8. The van der Waals surface area contributed by atoms with Crippen LogP contribution < -0.4 is 10.9 Å². The Morgan fingerprint density at radius 2 is 2.14 bits per heavy atom. The fourth-order valence-electron chi connectivity index (χ4n) is 2.38. The molecule has 0 bridgehead atoms. The van der Waals surface area contributed by atoms with Gasteiger partial charge in [-0.1, -0.05) is 23.4 Å². The minimum Gasteiger partial charge on any atom is -0.465 e. The Morgan fingerprint density at radius 1 is 1.36 bits per heavy atom. The van der Waals surface area contributed by atoms with E-state index in [2.05, 4.69) is 25.3 Å². The lowest BCUT2D eigenvalue weighted by Crippen LogP contribution is -2.18. The summed E-state index contributed by atoms with van der Waals surface area (Å²) < 4.78 is 4.71. The van der Waals surface area contributed by atoms with E-state index in [9.17, 15) is 14.4 Å². The topological polar surface area (TPSA) is 127 Å². The van der Waals surface area contributed by atoms with Crippen molar-refractivity contribution in [3.8, 4) is 0 Å². The minimum absolute atomic E-state index is 0.0324. The zero-order valence-electron chi connectivity index (χ0n) is 14.8. The van der Waals surface area contributed by atoms with E-state index in [0.717, 1.165) is 11.8 Å². The van der Waals surface area contributed by atoms with Crippen molar-refractivity contribution in [2.75, 3.05) is 18.2 Å². The number of ether oxygens (including phenoxy) is 1. The van der Waals surface area contributed by atoms with Gasteiger partial charge in [0.2, 0.25) is 5.91 Å². The Morgan fingerprint density at radius 3 is 2.86 bits per heavy atom. The van der Waals surface area contributed by atoms with Crippen LogP contribution in [-0.4, -0.2) is 44.7 Å². The molecule has 0 aromatic carbocycles. The largest absolute Gasteiger partial charge is 0.465 e. The Labute approximate surface area is 167 Å². The van der Waals surface area contributed by atoms with E-state index < -0.39 is 11.5 Å². The van der Waals surface area contributed by atoms with E-state index in [1.165, 1.54) is 19.4 Å². The van der Waals surface area contributed by atoms with Crippen molar-refractivity contribution < 1.29 is 14.3 Å². The van der Waals surface area contributed by atoms with Gasteiger partial charge < -0.3 is 15.0 Å². The van der Waals surface area contributed by atoms with E-state index in [1.54, 1.807) is 19.1 Å².